The zero-order valence-electron chi connectivity index (χ0n) is 22.1. The first-order chi connectivity index (χ1) is 18.9. The summed E-state index contributed by atoms with van der Waals surface area (Å²) in [6, 6.07) is 19.5. The molecule has 39 heavy (non-hydrogen) atoms. The third-order valence-corrected chi connectivity index (χ3v) is 6.62. The Morgan fingerprint density at radius 3 is 2.62 bits per heavy atom. The molecule has 0 aliphatic rings. The monoisotopic (exact) mass is 517 g/mol. The first-order valence-electron chi connectivity index (χ1n) is 12.7. The lowest BCUT2D eigenvalue weighted by molar-refractivity contribution is 0.102. The van der Waals surface area contributed by atoms with E-state index in [0.717, 1.165) is 27.7 Å². The van der Waals surface area contributed by atoms with E-state index >= 15 is 0 Å². The van der Waals surface area contributed by atoms with E-state index < -0.39 is 0 Å². The first-order valence-corrected chi connectivity index (χ1v) is 12.7. The van der Waals surface area contributed by atoms with Crippen molar-refractivity contribution in [3.05, 3.63) is 95.6 Å². The van der Waals surface area contributed by atoms with Gasteiger partial charge in [0.2, 0.25) is 0 Å². The third kappa shape index (κ3) is 4.27. The Morgan fingerprint density at radius 2 is 1.79 bits per heavy atom. The number of amides is 1. The summed E-state index contributed by atoms with van der Waals surface area (Å²) in [4.78, 5) is 22.8. The van der Waals surface area contributed by atoms with Crippen LogP contribution in [0.25, 0.3) is 33.3 Å². The summed E-state index contributed by atoms with van der Waals surface area (Å²) in [5.41, 5.74) is 5.03. The Morgan fingerprint density at radius 1 is 0.949 bits per heavy atom. The minimum atomic E-state index is -0.298. The van der Waals surface area contributed by atoms with Gasteiger partial charge in [0.1, 0.15) is 17.9 Å². The molecule has 0 saturated carbocycles. The van der Waals surface area contributed by atoms with Crippen molar-refractivity contribution in [1.82, 2.24) is 29.5 Å². The Balaban J connectivity index is 1.44. The third-order valence-electron chi connectivity index (χ3n) is 6.62. The van der Waals surface area contributed by atoms with Crippen LogP contribution in [0.15, 0.2) is 73.2 Å². The molecular formula is C30H27N7O2. The second kappa shape index (κ2) is 9.68. The van der Waals surface area contributed by atoms with Crippen LogP contribution in [0, 0.1) is 20.8 Å². The van der Waals surface area contributed by atoms with E-state index in [0.29, 0.717) is 40.6 Å². The number of hydrogen-bond donors (Lipinski definition) is 1. The molecule has 0 aliphatic heterocycles. The van der Waals surface area contributed by atoms with Crippen LogP contribution in [0.2, 0.25) is 0 Å². The van der Waals surface area contributed by atoms with Crippen molar-refractivity contribution in [3.8, 4) is 17.3 Å². The number of nitrogens with zero attached hydrogens (tertiary/aromatic N) is 6. The predicted octanol–water partition coefficient (Wildman–Crippen LogP) is 5.73. The number of aromatic nitrogens is 6. The number of rotatable bonds is 6. The minimum absolute atomic E-state index is 0.298. The second-order valence-corrected chi connectivity index (χ2v) is 9.41. The van der Waals surface area contributed by atoms with Gasteiger partial charge in [-0.15, -0.1) is 0 Å². The highest BCUT2D eigenvalue weighted by atomic mass is 16.5. The molecule has 0 spiro atoms. The Hall–Kier alpha value is -5.05. The van der Waals surface area contributed by atoms with E-state index in [4.69, 9.17) is 4.74 Å². The van der Waals surface area contributed by atoms with Crippen molar-refractivity contribution >= 4 is 33.5 Å². The molecule has 1 amide bonds. The molecule has 3 aromatic carbocycles. The van der Waals surface area contributed by atoms with E-state index in [1.165, 1.54) is 11.9 Å². The number of fused-ring (bicyclic) bond motifs is 2. The smallest absolute Gasteiger partial charge is 0.261 e. The summed E-state index contributed by atoms with van der Waals surface area (Å²) in [7, 11) is 0. The molecular weight excluding hydrogens is 490 g/mol. The zero-order valence-corrected chi connectivity index (χ0v) is 22.1. The molecule has 0 fully saturated rings. The normalized spacial score (nSPS) is 11.3. The van der Waals surface area contributed by atoms with Gasteiger partial charge in [0.05, 0.1) is 35.1 Å². The fraction of sp³-hybridized carbons (Fsp3) is 0.167. The van der Waals surface area contributed by atoms with Crippen molar-refractivity contribution in [2.45, 2.75) is 27.7 Å². The standard InChI is InChI=1S/C30H27N7O2/c1-5-39-25-13-11-21-8-6-7-9-22(21)27(25)30(38)34-26-15-20(4)35-37(26)29-23-16-33-36(28(23)31-17-32-29)24-12-10-18(2)14-19(24)3/h6-17H,5H2,1-4H3,(H,34,38). The van der Waals surface area contributed by atoms with Gasteiger partial charge in [-0.2, -0.15) is 14.9 Å². The van der Waals surface area contributed by atoms with Gasteiger partial charge in [0.25, 0.3) is 5.91 Å². The summed E-state index contributed by atoms with van der Waals surface area (Å²) >= 11 is 0. The molecule has 194 valence electrons. The molecule has 0 bridgehead atoms. The molecule has 6 rings (SSSR count). The molecule has 0 radical (unpaired) electrons. The average Bonchev–Trinajstić information content (AvgIpc) is 3.51. The van der Waals surface area contributed by atoms with Crippen LogP contribution < -0.4 is 10.1 Å². The van der Waals surface area contributed by atoms with Crippen LogP contribution in [0.3, 0.4) is 0 Å². The van der Waals surface area contributed by atoms with Crippen LogP contribution in [0.4, 0.5) is 5.82 Å². The molecule has 0 unspecified atom stereocenters. The number of nitrogens with one attached hydrogen (secondary N) is 1. The van der Waals surface area contributed by atoms with Gasteiger partial charge < -0.3 is 10.1 Å². The van der Waals surface area contributed by atoms with Crippen LogP contribution in [-0.4, -0.2) is 42.0 Å². The van der Waals surface area contributed by atoms with Gasteiger partial charge >= 0.3 is 0 Å². The van der Waals surface area contributed by atoms with Crippen molar-refractivity contribution in [2.24, 2.45) is 0 Å². The SMILES string of the molecule is CCOc1ccc2ccccc2c1C(=O)Nc1cc(C)nn1-c1ncnc2c1cnn2-c1ccc(C)cc1C. The number of anilines is 1. The van der Waals surface area contributed by atoms with E-state index in [-0.39, 0.29) is 5.91 Å². The molecule has 3 heterocycles. The lowest BCUT2D eigenvalue weighted by Gasteiger charge is -2.14. The predicted molar refractivity (Wildman–Crippen MR) is 151 cm³/mol. The van der Waals surface area contributed by atoms with Gasteiger partial charge in [-0.1, -0.05) is 48.0 Å². The molecule has 0 saturated heterocycles. The summed E-state index contributed by atoms with van der Waals surface area (Å²) in [6.45, 7) is 8.32. The highest BCUT2D eigenvalue weighted by Gasteiger charge is 2.21. The van der Waals surface area contributed by atoms with E-state index in [2.05, 4.69) is 38.5 Å². The highest BCUT2D eigenvalue weighted by molar-refractivity contribution is 6.15. The topological polar surface area (TPSA) is 99.8 Å². The van der Waals surface area contributed by atoms with Gasteiger partial charge in [0, 0.05) is 6.07 Å². The summed E-state index contributed by atoms with van der Waals surface area (Å²) in [6.07, 6.45) is 3.21. The number of benzene rings is 3. The van der Waals surface area contributed by atoms with E-state index in [1.807, 2.05) is 75.4 Å². The number of ether oxygens (including phenoxy) is 1. The van der Waals surface area contributed by atoms with Crippen molar-refractivity contribution in [3.63, 3.8) is 0 Å². The maximum absolute atomic E-state index is 13.8. The fourth-order valence-electron chi connectivity index (χ4n) is 4.91. The quantitative estimate of drug-likeness (QED) is 0.303. The lowest BCUT2D eigenvalue weighted by Crippen LogP contribution is -2.17. The van der Waals surface area contributed by atoms with Gasteiger partial charge in [-0.25, -0.2) is 14.6 Å². The summed E-state index contributed by atoms with van der Waals surface area (Å²) in [5, 5.41) is 14.8. The van der Waals surface area contributed by atoms with Gasteiger partial charge in [-0.05, 0) is 56.2 Å². The molecule has 0 aliphatic carbocycles. The molecule has 0 atom stereocenters. The number of carbonyl (C=O) groups is 1. The van der Waals surface area contributed by atoms with Gasteiger partial charge in [-0.3, -0.25) is 4.79 Å². The molecule has 1 N–H and O–H groups in total. The Bertz CT molecular complexity index is 1870. The Kier molecular flexibility index (Phi) is 6.03. The number of hydrogen-bond acceptors (Lipinski definition) is 6. The second-order valence-electron chi connectivity index (χ2n) is 9.41. The molecule has 9 heteroatoms. The van der Waals surface area contributed by atoms with Crippen LogP contribution in [0.1, 0.15) is 34.1 Å². The van der Waals surface area contributed by atoms with Crippen molar-refractivity contribution < 1.29 is 9.53 Å². The first kappa shape index (κ1) is 24.3. The number of aryl methyl sites for hydroxylation is 3. The lowest BCUT2D eigenvalue weighted by atomic mass is 10.0. The molecule has 9 nitrogen and oxygen atoms in total. The van der Waals surface area contributed by atoms with Crippen molar-refractivity contribution in [1.29, 1.82) is 0 Å². The van der Waals surface area contributed by atoms with Gasteiger partial charge in [0.15, 0.2) is 11.5 Å². The summed E-state index contributed by atoms with van der Waals surface area (Å²) < 4.78 is 9.25. The Labute approximate surface area is 225 Å². The van der Waals surface area contributed by atoms with Crippen LogP contribution in [-0.2, 0) is 0 Å². The minimum Gasteiger partial charge on any atom is -0.493 e. The van der Waals surface area contributed by atoms with E-state index in [9.17, 15) is 4.79 Å². The number of carbonyl (C=O) groups excluding carboxylic acids is 1. The van der Waals surface area contributed by atoms with Crippen molar-refractivity contribution in [2.75, 3.05) is 11.9 Å². The maximum Gasteiger partial charge on any atom is 0.261 e. The van der Waals surface area contributed by atoms with Crippen LogP contribution >= 0.6 is 0 Å². The van der Waals surface area contributed by atoms with Crippen LogP contribution in [0.5, 0.6) is 5.75 Å². The molecule has 3 aromatic heterocycles. The largest absolute Gasteiger partial charge is 0.493 e. The summed E-state index contributed by atoms with van der Waals surface area (Å²) in [5.74, 6) is 1.22. The zero-order chi connectivity index (χ0) is 27.1. The molecule has 6 aromatic rings. The maximum atomic E-state index is 13.8. The highest BCUT2D eigenvalue weighted by Crippen LogP contribution is 2.30. The van der Waals surface area contributed by atoms with E-state index in [1.54, 1.807) is 15.6 Å². The fourth-order valence-corrected chi connectivity index (χ4v) is 4.91. The average molecular weight is 518 g/mol.